The van der Waals surface area contributed by atoms with E-state index in [-0.39, 0.29) is 29.7 Å². The summed E-state index contributed by atoms with van der Waals surface area (Å²) in [5.41, 5.74) is -0.997. The van der Waals surface area contributed by atoms with Crippen molar-refractivity contribution in [3.8, 4) is 0 Å². The zero-order chi connectivity index (χ0) is 18.8. The van der Waals surface area contributed by atoms with Crippen molar-refractivity contribution in [1.29, 1.82) is 0 Å². The Hall–Kier alpha value is -1.12. The lowest BCUT2D eigenvalue weighted by Gasteiger charge is -2.34. The van der Waals surface area contributed by atoms with Crippen molar-refractivity contribution in [2.75, 3.05) is 6.54 Å². The third-order valence-electron chi connectivity index (χ3n) is 4.25. The number of nitrogens with zero attached hydrogens (tertiary/aromatic N) is 1. The predicted molar refractivity (Wildman–Crippen MR) is 87.9 cm³/mol. The van der Waals surface area contributed by atoms with Crippen molar-refractivity contribution in [3.63, 3.8) is 0 Å². The third-order valence-corrected chi connectivity index (χ3v) is 6.68. The van der Waals surface area contributed by atoms with Crippen LogP contribution in [0.25, 0.3) is 0 Å². The minimum Gasteiger partial charge on any atom is -0.300 e. The van der Waals surface area contributed by atoms with Gasteiger partial charge in [0.1, 0.15) is 10.7 Å². The van der Waals surface area contributed by atoms with Crippen LogP contribution in [0, 0.1) is 0 Å². The molecule has 0 amide bonds. The van der Waals surface area contributed by atoms with Gasteiger partial charge >= 0.3 is 6.18 Å². The summed E-state index contributed by atoms with van der Waals surface area (Å²) >= 11 is 5.85. The zero-order valence-corrected chi connectivity index (χ0v) is 15.2. The molecule has 1 aromatic carbocycles. The second-order valence-corrected chi connectivity index (χ2v) is 8.42. The summed E-state index contributed by atoms with van der Waals surface area (Å²) < 4.78 is 65.3. The van der Waals surface area contributed by atoms with E-state index in [4.69, 9.17) is 11.6 Å². The normalized spacial score (nSPS) is 19.8. The molecule has 2 rings (SSSR count). The summed E-state index contributed by atoms with van der Waals surface area (Å²) in [6.07, 6.45) is -1.82. The van der Waals surface area contributed by atoms with Crippen LogP contribution in [-0.2, 0) is 21.0 Å². The summed E-state index contributed by atoms with van der Waals surface area (Å²) in [4.78, 5) is 10.9. The van der Waals surface area contributed by atoms with Crippen LogP contribution in [0.1, 0.15) is 44.6 Å². The van der Waals surface area contributed by atoms with Gasteiger partial charge in [0.15, 0.2) is 0 Å². The van der Waals surface area contributed by atoms with Crippen LogP contribution < -0.4 is 0 Å². The molecule has 1 atom stereocenters. The van der Waals surface area contributed by atoms with Gasteiger partial charge in [-0.2, -0.15) is 17.5 Å². The molecule has 0 unspecified atom stereocenters. The first kappa shape index (κ1) is 20.2. The van der Waals surface area contributed by atoms with Crippen LogP contribution in [-0.4, -0.2) is 31.1 Å². The van der Waals surface area contributed by atoms with Gasteiger partial charge in [-0.3, -0.25) is 0 Å². The summed E-state index contributed by atoms with van der Waals surface area (Å²) in [7, 11) is -4.03. The van der Waals surface area contributed by atoms with E-state index in [1.165, 1.54) is 11.2 Å². The van der Waals surface area contributed by atoms with E-state index in [0.29, 0.717) is 31.4 Å². The minimum atomic E-state index is -4.60. The number of ketones is 1. The Balaban J connectivity index is 2.34. The number of carbonyl (C=O) groups is 1. The van der Waals surface area contributed by atoms with Gasteiger partial charge < -0.3 is 4.79 Å². The van der Waals surface area contributed by atoms with Crippen LogP contribution in [0.2, 0.25) is 5.02 Å². The summed E-state index contributed by atoms with van der Waals surface area (Å²) in [6.45, 7) is 1.71. The fourth-order valence-electron chi connectivity index (χ4n) is 2.96. The molecule has 1 saturated heterocycles. The van der Waals surface area contributed by atoms with Crippen molar-refractivity contribution in [3.05, 3.63) is 28.8 Å². The van der Waals surface area contributed by atoms with Crippen molar-refractivity contribution in [2.24, 2.45) is 0 Å². The number of benzene rings is 1. The maximum absolute atomic E-state index is 12.9. The maximum atomic E-state index is 12.9. The van der Waals surface area contributed by atoms with Gasteiger partial charge in [0.05, 0.1) is 10.6 Å². The molecular formula is C16H19ClF3NO3S. The first-order chi connectivity index (χ1) is 11.5. The number of alkyl halides is 3. The van der Waals surface area contributed by atoms with E-state index in [0.717, 1.165) is 12.5 Å². The minimum absolute atomic E-state index is 0.0320. The Morgan fingerprint density at radius 1 is 1.32 bits per heavy atom. The van der Waals surface area contributed by atoms with E-state index < -0.39 is 26.8 Å². The Labute approximate surface area is 150 Å². The summed E-state index contributed by atoms with van der Waals surface area (Å²) in [5.74, 6) is -0.0320. The van der Waals surface area contributed by atoms with E-state index in [1.807, 2.05) is 0 Å². The number of sulfonamides is 1. The number of halogens is 4. The average Bonchev–Trinajstić information content (AvgIpc) is 2.52. The van der Waals surface area contributed by atoms with Crippen LogP contribution in [0.5, 0.6) is 0 Å². The SMILES string of the molecule is CC(=O)CC[C@@H]1CCCCN1S(=O)(=O)c1ccc(C(F)(F)F)cc1Cl. The summed E-state index contributed by atoms with van der Waals surface area (Å²) in [5, 5.41) is -0.453. The second-order valence-electron chi connectivity index (χ2n) is 6.15. The first-order valence-electron chi connectivity index (χ1n) is 7.91. The first-order valence-corrected chi connectivity index (χ1v) is 9.73. The molecule has 0 radical (unpaired) electrons. The highest BCUT2D eigenvalue weighted by atomic mass is 35.5. The molecule has 1 aliphatic rings. The Morgan fingerprint density at radius 2 is 2.00 bits per heavy atom. The average molecular weight is 398 g/mol. The quantitative estimate of drug-likeness (QED) is 0.745. The molecule has 1 fully saturated rings. The van der Waals surface area contributed by atoms with Gasteiger partial charge in [-0.05, 0) is 44.4 Å². The molecule has 25 heavy (non-hydrogen) atoms. The molecule has 0 bridgehead atoms. The van der Waals surface area contributed by atoms with Crippen molar-refractivity contribution in [1.82, 2.24) is 4.31 Å². The Bertz CT molecular complexity index is 749. The van der Waals surface area contributed by atoms with Crippen molar-refractivity contribution < 1.29 is 26.4 Å². The molecule has 1 aliphatic heterocycles. The third kappa shape index (κ3) is 4.74. The van der Waals surface area contributed by atoms with Crippen LogP contribution >= 0.6 is 11.6 Å². The number of Topliss-reactive ketones (excluding diaryl/α,β-unsaturated/α-hetero) is 1. The molecule has 4 nitrogen and oxygen atoms in total. The molecule has 0 N–H and O–H groups in total. The fourth-order valence-corrected chi connectivity index (χ4v) is 5.21. The number of piperidine rings is 1. The topological polar surface area (TPSA) is 54.5 Å². The molecule has 1 aromatic rings. The van der Waals surface area contributed by atoms with Crippen molar-refractivity contribution >= 4 is 27.4 Å². The van der Waals surface area contributed by atoms with Gasteiger partial charge in [-0.15, -0.1) is 0 Å². The fraction of sp³-hybridized carbons (Fsp3) is 0.562. The predicted octanol–water partition coefficient (Wildman–Crippen LogP) is 4.27. The highest BCUT2D eigenvalue weighted by Crippen LogP contribution is 2.36. The molecule has 0 aliphatic carbocycles. The molecular weight excluding hydrogens is 379 g/mol. The van der Waals surface area contributed by atoms with E-state index in [2.05, 4.69) is 0 Å². The van der Waals surface area contributed by atoms with Gasteiger partial charge in [0.2, 0.25) is 10.0 Å². The number of rotatable bonds is 5. The zero-order valence-electron chi connectivity index (χ0n) is 13.6. The largest absolute Gasteiger partial charge is 0.416 e. The Morgan fingerprint density at radius 3 is 2.56 bits per heavy atom. The molecule has 0 aromatic heterocycles. The monoisotopic (exact) mass is 397 g/mol. The smallest absolute Gasteiger partial charge is 0.300 e. The molecule has 0 saturated carbocycles. The van der Waals surface area contributed by atoms with E-state index in [1.54, 1.807) is 0 Å². The van der Waals surface area contributed by atoms with E-state index >= 15 is 0 Å². The van der Waals surface area contributed by atoms with Crippen LogP contribution in [0.15, 0.2) is 23.1 Å². The number of hydrogen-bond donors (Lipinski definition) is 0. The van der Waals surface area contributed by atoms with Gasteiger partial charge in [-0.1, -0.05) is 18.0 Å². The second kappa shape index (κ2) is 7.63. The molecule has 9 heteroatoms. The van der Waals surface area contributed by atoms with E-state index in [9.17, 15) is 26.4 Å². The lowest BCUT2D eigenvalue weighted by Crippen LogP contribution is -2.43. The van der Waals surface area contributed by atoms with Gasteiger partial charge in [0.25, 0.3) is 0 Å². The number of carbonyl (C=O) groups excluding carboxylic acids is 1. The van der Waals surface area contributed by atoms with Crippen LogP contribution in [0.4, 0.5) is 13.2 Å². The van der Waals surface area contributed by atoms with Gasteiger partial charge in [-0.25, -0.2) is 8.42 Å². The molecule has 0 spiro atoms. The molecule has 140 valence electrons. The molecule has 1 heterocycles. The highest BCUT2D eigenvalue weighted by molar-refractivity contribution is 7.89. The maximum Gasteiger partial charge on any atom is 0.416 e. The lowest BCUT2D eigenvalue weighted by atomic mass is 10.00. The lowest BCUT2D eigenvalue weighted by molar-refractivity contribution is -0.137. The van der Waals surface area contributed by atoms with Crippen LogP contribution in [0.3, 0.4) is 0 Å². The van der Waals surface area contributed by atoms with Crippen molar-refractivity contribution in [2.45, 2.75) is 56.1 Å². The van der Waals surface area contributed by atoms with Gasteiger partial charge in [0, 0.05) is 19.0 Å². The Kier molecular flexibility index (Phi) is 6.17. The highest BCUT2D eigenvalue weighted by Gasteiger charge is 2.36. The number of hydrogen-bond acceptors (Lipinski definition) is 3. The standard InChI is InChI=1S/C16H19ClF3NO3S/c1-11(22)5-7-13-4-2-3-9-21(13)25(23,24)15-8-6-12(10-14(15)17)16(18,19)20/h6,8,10,13H,2-5,7,9H2,1H3/t13-/m0/s1. The summed E-state index contributed by atoms with van der Waals surface area (Å²) in [6, 6.07) is 1.90.